The lowest BCUT2D eigenvalue weighted by atomic mass is 9.98. The van der Waals surface area contributed by atoms with E-state index in [0.29, 0.717) is 6.04 Å². The summed E-state index contributed by atoms with van der Waals surface area (Å²) in [5.74, 6) is 5.71. The molecule has 0 aliphatic rings. The molecule has 2 rings (SSSR count). The van der Waals surface area contributed by atoms with Crippen LogP contribution >= 0.6 is 11.6 Å². The first-order valence-electron chi connectivity index (χ1n) is 6.78. The Kier molecular flexibility index (Phi) is 4.81. The maximum absolute atomic E-state index is 6.18. The van der Waals surface area contributed by atoms with Crippen molar-refractivity contribution in [2.75, 3.05) is 0 Å². The van der Waals surface area contributed by atoms with Gasteiger partial charge in [0, 0.05) is 23.7 Å². The number of nitrogens with one attached hydrogen (secondary N) is 1. The van der Waals surface area contributed by atoms with E-state index in [9.17, 15) is 0 Å². The minimum atomic E-state index is 0.00390. The Labute approximate surface area is 124 Å². The molecule has 0 saturated heterocycles. The van der Waals surface area contributed by atoms with Crippen molar-refractivity contribution in [2.24, 2.45) is 5.84 Å². The highest BCUT2D eigenvalue weighted by Gasteiger charge is 2.16. The van der Waals surface area contributed by atoms with Crippen LogP contribution in [-0.4, -0.2) is 9.78 Å². The van der Waals surface area contributed by atoms with Gasteiger partial charge in [0.1, 0.15) is 0 Å². The minimum Gasteiger partial charge on any atom is -0.271 e. The molecule has 0 spiro atoms. The van der Waals surface area contributed by atoms with E-state index in [2.05, 4.69) is 24.4 Å². The third-order valence-corrected chi connectivity index (χ3v) is 3.90. The standard InChI is InChI=1S/C15H21ClN4/c1-10(2)20-8-7-12(19-20)9-15(18-17)13-5-4-6-14(16)11(13)3/h4-8,10,15,18H,9,17H2,1-3H3. The molecule has 2 aromatic rings. The number of hydrazine groups is 1. The number of rotatable bonds is 5. The number of halogens is 1. The number of aromatic nitrogens is 2. The quantitative estimate of drug-likeness (QED) is 0.657. The molecule has 3 N–H and O–H groups in total. The number of hydrogen-bond donors (Lipinski definition) is 2. The molecule has 1 aromatic heterocycles. The molecule has 0 amide bonds. The molecule has 0 fully saturated rings. The van der Waals surface area contributed by atoms with E-state index in [1.54, 1.807) is 0 Å². The van der Waals surface area contributed by atoms with Crippen molar-refractivity contribution in [1.82, 2.24) is 15.2 Å². The van der Waals surface area contributed by atoms with Gasteiger partial charge in [-0.25, -0.2) is 0 Å². The van der Waals surface area contributed by atoms with Crippen LogP contribution in [0.25, 0.3) is 0 Å². The zero-order valence-electron chi connectivity index (χ0n) is 12.1. The fraction of sp³-hybridized carbons (Fsp3) is 0.400. The number of nitrogens with two attached hydrogens (primary N) is 1. The molecule has 5 heteroatoms. The summed E-state index contributed by atoms with van der Waals surface area (Å²) in [7, 11) is 0. The van der Waals surface area contributed by atoms with Gasteiger partial charge in [-0.3, -0.25) is 16.0 Å². The Balaban J connectivity index is 2.22. The molecule has 20 heavy (non-hydrogen) atoms. The largest absolute Gasteiger partial charge is 0.271 e. The smallest absolute Gasteiger partial charge is 0.0644 e. The molecule has 1 heterocycles. The molecule has 0 aliphatic heterocycles. The third kappa shape index (κ3) is 3.20. The topological polar surface area (TPSA) is 55.9 Å². The van der Waals surface area contributed by atoms with Gasteiger partial charge >= 0.3 is 0 Å². The highest BCUT2D eigenvalue weighted by atomic mass is 35.5. The Hall–Kier alpha value is -1.36. The second-order valence-electron chi connectivity index (χ2n) is 5.26. The van der Waals surface area contributed by atoms with Crippen LogP contribution in [0.1, 0.15) is 42.8 Å². The van der Waals surface area contributed by atoms with Gasteiger partial charge in [0.15, 0.2) is 0 Å². The van der Waals surface area contributed by atoms with Gasteiger partial charge in [-0.15, -0.1) is 0 Å². The lowest BCUT2D eigenvalue weighted by Crippen LogP contribution is -2.30. The van der Waals surface area contributed by atoms with Crippen molar-refractivity contribution in [3.8, 4) is 0 Å². The van der Waals surface area contributed by atoms with E-state index < -0.39 is 0 Å². The molecular weight excluding hydrogens is 272 g/mol. The highest BCUT2D eigenvalue weighted by Crippen LogP contribution is 2.26. The maximum atomic E-state index is 6.18. The average molecular weight is 293 g/mol. The molecule has 108 valence electrons. The predicted molar refractivity (Wildman–Crippen MR) is 82.6 cm³/mol. The summed E-state index contributed by atoms with van der Waals surface area (Å²) in [5, 5.41) is 5.32. The number of benzene rings is 1. The summed E-state index contributed by atoms with van der Waals surface area (Å²) >= 11 is 6.18. The molecule has 1 atom stereocenters. The molecule has 0 saturated carbocycles. The van der Waals surface area contributed by atoms with Crippen LogP contribution in [0.2, 0.25) is 5.02 Å². The van der Waals surface area contributed by atoms with Crippen LogP contribution in [-0.2, 0) is 6.42 Å². The second kappa shape index (κ2) is 6.39. The normalized spacial score (nSPS) is 12.9. The monoisotopic (exact) mass is 292 g/mol. The fourth-order valence-corrected chi connectivity index (χ4v) is 2.43. The SMILES string of the molecule is Cc1c(Cl)cccc1C(Cc1ccn(C(C)C)n1)NN. The molecule has 1 aromatic carbocycles. The Morgan fingerprint density at radius 2 is 2.10 bits per heavy atom. The van der Waals surface area contributed by atoms with Crippen LogP contribution in [0.4, 0.5) is 0 Å². The molecule has 0 bridgehead atoms. The van der Waals surface area contributed by atoms with Crippen LogP contribution in [0, 0.1) is 6.92 Å². The number of nitrogens with zero attached hydrogens (tertiary/aromatic N) is 2. The first-order chi connectivity index (χ1) is 9.52. The molecular formula is C15H21ClN4. The average Bonchev–Trinajstić information content (AvgIpc) is 2.88. The van der Waals surface area contributed by atoms with E-state index in [1.165, 1.54) is 0 Å². The van der Waals surface area contributed by atoms with Crippen molar-refractivity contribution < 1.29 is 0 Å². The summed E-state index contributed by atoms with van der Waals surface area (Å²) in [6.45, 7) is 6.22. The van der Waals surface area contributed by atoms with Gasteiger partial charge in [0.05, 0.1) is 11.7 Å². The first-order valence-corrected chi connectivity index (χ1v) is 7.16. The van der Waals surface area contributed by atoms with E-state index in [1.807, 2.05) is 42.1 Å². The minimum absolute atomic E-state index is 0.00390. The Morgan fingerprint density at radius 3 is 2.70 bits per heavy atom. The predicted octanol–water partition coefficient (Wildman–Crippen LogP) is 3.17. The van der Waals surface area contributed by atoms with Gasteiger partial charge < -0.3 is 0 Å². The van der Waals surface area contributed by atoms with Crippen LogP contribution in [0.3, 0.4) is 0 Å². The maximum Gasteiger partial charge on any atom is 0.0644 e. The van der Waals surface area contributed by atoms with E-state index >= 15 is 0 Å². The first kappa shape index (κ1) is 15.0. The van der Waals surface area contributed by atoms with Gasteiger partial charge in [0.25, 0.3) is 0 Å². The fourth-order valence-electron chi connectivity index (χ4n) is 2.24. The third-order valence-electron chi connectivity index (χ3n) is 3.49. The molecule has 0 radical (unpaired) electrons. The van der Waals surface area contributed by atoms with Gasteiger partial charge in [-0.2, -0.15) is 5.10 Å². The molecule has 1 unspecified atom stereocenters. The van der Waals surface area contributed by atoms with Crippen molar-refractivity contribution in [3.05, 3.63) is 52.3 Å². The molecule has 4 nitrogen and oxygen atoms in total. The van der Waals surface area contributed by atoms with E-state index in [0.717, 1.165) is 28.3 Å². The summed E-state index contributed by atoms with van der Waals surface area (Å²) in [4.78, 5) is 0. The van der Waals surface area contributed by atoms with Gasteiger partial charge in [-0.1, -0.05) is 23.7 Å². The highest BCUT2D eigenvalue weighted by molar-refractivity contribution is 6.31. The van der Waals surface area contributed by atoms with Gasteiger partial charge in [-0.05, 0) is 44.0 Å². The van der Waals surface area contributed by atoms with Crippen molar-refractivity contribution in [1.29, 1.82) is 0 Å². The second-order valence-corrected chi connectivity index (χ2v) is 5.67. The Bertz CT molecular complexity index is 577. The summed E-state index contributed by atoms with van der Waals surface area (Å²) in [6.07, 6.45) is 2.73. The summed E-state index contributed by atoms with van der Waals surface area (Å²) < 4.78 is 1.95. The van der Waals surface area contributed by atoms with Crippen molar-refractivity contribution >= 4 is 11.6 Å². The lowest BCUT2D eigenvalue weighted by Gasteiger charge is -2.18. The van der Waals surface area contributed by atoms with E-state index in [-0.39, 0.29) is 6.04 Å². The van der Waals surface area contributed by atoms with Crippen LogP contribution < -0.4 is 11.3 Å². The molecule has 0 aliphatic carbocycles. The van der Waals surface area contributed by atoms with Crippen LogP contribution in [0.5, 0.6) is 0 Å². The summed E-state index contributed by atoms with van der Waals surface area (Å²) in [5.41, 5.74) is 6.05. The lowest BCUT2D eigenvalue weighted by molar-refractivity contribution is 0.506. The van der Waals surface area contributed by atoms with Crippen molar-refractivity contribution in [3.63, 3.8) is 0 Å². The Morgan fingerprint density at radius 1 is 1.35 bits per heavy atom. The van der Waals surface area contributed by atoms with Crippen molar-refractivity contribution in [2.45, 2.75) is 39.3 Å². The zero-order valence-corrected chi connectivity index (χ0v) is 12.9. The zero-order chi connectivity index (χ0) is 14.7. The van der Waals surface area contributed by atoms with E-state index in [4.69, 9.17) is 17.4 Å². The summed E-state index contributed by atoms with van der Waals surface area (Å²) in [6, 6.07) is 8.28. The van der Waals surface area contributed by atoms with Crippen LogP contribution in [0.15, 0.2) is 30.5 Å². The number of hydrogen-bond acceptors (Lipinski definition) is 3. The van der Waals surface area contributed by atoms with Gasteiger partial charge in [0.2, 0.25) is 0 Å².